The minimum absolute atomic E-state index is 0.0760. The molecule has 0 aliphatic heterocycles. The van der Waals surface area contributed by atoms with Crippen molar-refractivity contribution in [3.8, 4) is 39.6 Å². The highest BCUT2D eigenvalue weighted by Crippen LogP contribution is 2.41. The molecule has 5 rings (SSSR count). The Kier molecular flexibility index (Phi) is 5.68. The summed E-state index contributed by atoms with van der Waals surface area (Å²) in [7, 11) is 0. The topological polar surface area (TPSA) is 46.5 Å². The van der Waals surface area contributed by atoms with E-state index in [1.165, 1.54) is 0 Å². The lowest BCUT2D eigenvalue weighted by Gasteiger charge is -2.37. The summed E-state index contributed by atoms with van der Waals surface area (Å²) in [5.41, 5.74) is 6.81. The van der Waals surface area contributed by atoms with Crippen LogP contribution in [0.1, 0.15) is 40.3 Å². The van der Waals surface area contributed by atoms with Crippen LogP contribution in [0.3, 0.4) is 0 Å². The van der Waals surface area contributed by atoms with Crippen molar-refractivity contribution in [2.75, 3.05) is 0 Å². The second kappa shape index (κ2) is 8.70. The molecule has 0 saturated carbocycles. The van der Waals surface area contributed by atoms with Crippen molar-refractivity contribution in [2.24, 2.45) is 5.41 Å². The van der Waals surface area contributed by atoms with Crippen LogP contribution in [-0.4, -0.2) is 19.5 Å². The number of rotatable bonds is 5. The second-order valence-corrected chi connectivity index (χ2v) is 10.6. The Balaban J connectivity index is 1.72. The van der Waals surface area contributed by atoms with Crippen LogP contribution in [0, 0.1) is 5.41 Å². The van der Waals surface area contributed by atoms with E-state index in [0.717, 1.165) is 45.3 Å². The molecule has 0 bridgehead atoms. The minimum atomic E-state index is -0.0766. The molecule has 2 aromatic heterocycles. The van der Waals surface area contributed by atoms with Crippen LogP contribution in [0.4, 0.5) is 0 Å². The molecule has 4 heteroatoms. The highest BCUT2D eigenvalue weighted by atomic mass is 15.1. The first-order valence-electron chi connectivity index (χ1n) is 12.1. The summed E-state index contributed by atoms with van der Waals surface area (Å²) in [6, 6.07) is 27.5. The lowest BCUT2D eigenvalue weighted by atomic mass is 9.67. The Morgan fingerprint density at radius 3 is 1.80 bits per heavy atom. The molecule has 0 aliphatic rings. The number of nitrogens with zero attached hydrogens (tertiary/aromatic N) is 3. The third-order valence-corrected chi connectivity index (χ3v) is 7.42. The maximum Gasteiger partial charge on any atom is 0.180 e. The van der Waals surface area contributed by atoms with Crippen molar-refractivity contribution in [1.29, 1.82) is 0 Å². The Hall–Kier alpha value is -3.92. The first-order valence-corrected chi connectivity index (χ1v) is 12.1. The van der Waals surface area contributed by atoms with Crippen molar-refractivity contribution < 1.29 is 0 Å². The molecule has 4 nitrogen and oxygen atoms in total. The molecule has 0 saturated heterocycles. The molecule has 0 atom stereocenters. The molecular formula is C31H32N4. The monoisotopic (exact) mass is 460 g/mol. The van der Waals surface area contributed by atoms with E-state index in [-0.39, 0.29) is 10.8 Å². The average molecular weight is 461 g/mol. The van der Waals surface area contributed by atoms with Crippen molar-refractivity contribution in [1.82, 2.24) is 19.5 Å². The normalized spacial score (nSPS) is 12.1. The molecule has 176 valence electrons. The number of hydrogen-bond acceptors (Lipinski definition) is 2. The van der Waals surface area contributed by atoms with Gasteiger partial charge in [-0.25, -0.2) is 9.97 Å². The molecule has 0 unspecified atom stereocenters. The van der Waals surface area contributed by atoms with Crippen LogP contribution < -0.4 is 0 Å². The van der Waals surface area contributed by atoms with Gasteiger partial charge in [-0.3, -0.25) is 4.57 Å². The molecule has 0 radical (unpaired) electrons. The quantitative estimate of drug-likeness (QED) is 0.289. The zero-order valence-corrected chi connectivity index (χ0v) is 21.1. The van der Waals surface area contributed by atoms with Gasteiger partial charge in [0.15, 0.2) is 11.6 Å². The van der Waals surface area contributed by atoms with Gasteiger partial charge in [-0.1, -0.05) is 113 Å². The number of aromatic nitrogens is 4. The molecule has 0 aliphatic carbocycles. The highest BCUT2D eigenvalue weighted by Gasteiger charge is 2.36. The zero-order valence-electron chi connectivity index (χ0n) is 21.1. The van der Waals surface area contributed by atoms with Crippen molar-refractivity contribution >= 4 is 0 Å². The van der Waals surface area contributed by atoms with Gasteiger partial charge in [0, 0.05) is 40.8 Å². The molecule has 3 aromatic carbocycles. The lowest BCUT2D eigenvalue weighted by Crippen LogP contribution is -2.34. The number of benzene rings is 3. The third kappa shape index (κ3) is 4.10. The SMILES string of the molecule is CC(C)(C)C(C)(C)c1cnc(-c2nccn2-c2c(-c3ccccc3)cccc2-c2ccccc2)[nH]1. The Labute approximate surface area is 207 Å². The second-order valence-electron chi connectivity index (χ2n) is 10.6. The van der Waals surface area contributed by atoms with Gasteiger partial charge >= 0.3 is 0 Å². The molecular weight excluding hydrogens is 428 g/mol. The van der Waals surface area contributed by atoms with Crippen LogP contribution >= 0.6 is 0 Å². The van der Waals surface area contributed by atoms with Gasteiger partial charge in [-0.2, -0.15) is 0 Å². The standard InChI is InChI=1S/C31H32N4/c1-30(2,3)31(4,5)26-21-33-28(34-26)29-32-19-20-35(29)27-24(22-13-8-6-9-14-22)17-12-18-25(27)23-15-10-7-11-16-23/h6-21H,1-5H3,(H,33,34). The maximum absolute atomic E-state index is 4.79. The molecule has 35 heavy (non-hydrogen) atoms. The molecule has 1 N–H and O–H groups in total. The van der Waals surface area contributed by atoms with Crippen molar-refractivity contribution in [3.63, 3.8) is 0 Å². The Morgan fingerprint density at radius 1 is 0.686 bits per heavy atom. The smallest absolute Gasteiger partial charge is 0.180 e. The summed E-state index contributed by atoms with van der Waals surface area (Å²) >= 11 is 0. The van der Waals surface area contributed by atoms with E-state index >= 15 is 0 Å². The fourth-order valence-electron chi connectivity index (χ4n) is 4.32. The number of para-hydroxylation sites is 1. The summed E-state index contributed by atoms with van der Waals surface area (Å²) < 4.78 is 2.16. The molecule has 0 fully saturated rings. The van der Waals surface area contributed by atoms with Crippen molar-refractivity contribution in [2.45, 2.75) is 40.0 Å². The van der Waals surface area contributed by atoms with Crippen LogP contribution in [0.2, 0.25) is 0 Å². The highest BCUT2D eigenvalue weighted by molar-refractivity contribution is 5.86. The molecule has 2 heterocycles. The first-order chi connectivity index (χ1) is 16.8. The Bertz CT molecular complexity index is 1380. The van der Waals surface area contributed by atoms with Crippen LogP contribution in [0.25, 0.3) is 39.6 Å². The number of imidazole rings is 2. The van der Waals surface area contributed by atoms with Crippen LogP contribution in [0.15, 0.2) is 97.5 Å². The van der Waals surface area contributed by atoms with Gasteiger partial charge in [-0.15, -0.1) is 0 Å². The van der Waals surface area contributed by atoms with E-state index < -0.39 is 0 Å². The van der Waals surface area contributed by atoms with Gasteiger partial charge in [0.2, 0.25) is 0 Å². The summed E-state index contributed by atoms with van der Waals surface area (Å²) in [4.78, 5) is 13.1. The van der Waals surface area contributed by atoms with Gasteiger partial charge in [0.25, 0.3) is 0 Å². The first kappa shape index (κ1) is 22.9. The fraction of sp³-hybridized carbons (Fsp3) is 0.226. The van der Waals surface area contributed by atoms with Crippen LogP contribution in [0.5, 0.6) is 0 Å². The van der Waals surface area contributed by atoms with E-state index in [1.54, 1.807) is 0 Å². The van der Waals surface area contributed by atoms with E-state index in [0.29, 0.717) is 0 Å². The average Bonchev–Trinajstić information content (AvgIpc) is 3.54. The van der Waals surface area contributed by atoms with E-state index in [1.807, 2.05) is 30.7 Å². The zero-order chi connectivity index (χ0) is 24.6. The number of aromatic amines is 1. The Morgan fingerprint density at radius 2 is 1.26 bits per heavy atom. The van der Waals surface area contributed by atoms with Crippen molar-refractivity contribution in [3.05, 3.63) is 103 Å². The third-order valence-electron chi connectivity index (χ3n) is 7.42. The lowest BCUT2D eigenvalue weighted by molar-refractivity contribution is 0.220. The molecule has 0 amide bonds. The summed E-state index contributed by atoms with van der Waals surface area (Å²) in [5.74, 6) is 1.56. The van der Waals surface area contributed by atoms with Gasteiger partial charge < -0.3 is 4.98 Å². The summed E-state index contributed by atoms with van der Waals surface area (Å²) in [6.07, 6.45) is 5.84. The van der Waals surface area contributed by atoms with Gasteiger partial charge in [-0.05, 0) is 16.5 Å². The predicted molar refractivity (Wildman–Crippen MR) is 144 cm³/mol. The van der Waals surface area contributed by atoms with Gasteiger partial charge in [0.1, 0.15) is 0 Å². The summed E-state index contributed by atoms with van der Waals surface area (Å²) in [5, 5.41) is 0. The number of nitrogens with one attached hydrogen (secondary N) is 1. The summed E-state index contributed by atoms with van der Waals surface area (Å²) in [6.45, 7) is 11.3. The molecule has 5 aromatic rings. The van der Waals surface area contributed by atoms with E-state index in [2.05, 4.69) is 111 Å². The fourth-order valence-corrected chi connectivity index (χ4v) is 4.32. The largest absolute Gasteiger partial charge is 0.339 e. The maximum atomic E-state index is 4.79. The number of H-pyrrole nitrogens is 1. The van der Waals surface area contributed by atoms with Gasteiger partial charge in [0.05, 0.1) is 5.69 Å². The van der Waals surface area contributed by atoms with E-state index in [9.17, 15) is 0 Å². The van der Waals surface area contributed by atoms with E-state index in [4.69, 9.17) is 9.97 Å². The number of hydrogen-bond donors (Lipinski definition) is 1. The minimum Gasteiger partial charge on any atom is -0.339 e. The van der Waals surface area contributed by atoms with Crippen LogP contribution in [-0.2, 0) is 5.41 Å². The molecule has 0 spiro atoms. The predicted octanol–water partition coefficient (Wildman–Crippen LogP) is 7.92.